The SMILES string of the molecule is N/C(=C\C=N\Cn1cnc(N2CCN(c3ccc(F)cc3)CC2)nc1=O)C1CCCCC1. The van der Waals surface area contributed by atoms with E-state index in [1.54, 1.807) is 18.3 Å². The third-order valence-electron chi connectivity index (χ3n) is 6.19. The Hall–Kier alpha value is -3.23. The predicted octanol–water partition coefficient (Wildman–Crippen LogP) is 2.56. The number of rotatable bonds is 6. The average Bonchev–Trinajstić information content (AvgIpc) is 2.83. The van der Waals surface area contributed by atoms with E-state index in [0.29, 0.717) is 25.0 Å². The maximum atomic E-state index is 13.1. The first-order valence-electron chi connectivity index (χ1n) is 11.2. The van der Waals surface area contributed by atoms with Gasteiger partial charge in [-0.1, -0.05) is 19.3 Å². The monoisotopic (exact) mass is 439 g/mol. The van der Waals surface area contributed by atoms with Gasteiger partial charge in [-0.15, -0.1) is 0 Å². The maximum absolute atomic E-state index is 13.1. The Kier molecular flexibility index (Phi) is 7.14. The van der Waals surface area contributed by atoms with E-state index in [0.717, 1.165) is 37.3 Å². The van der Waals surface area contributed by atoms with E-state index < -0.39 is 0 Å². The fraction of sp³-hybridized carbons (Fsp3) is 0.478. The van der Waals surface area contributed by atoms with Gasteiger partial charge in [0.15, 0.2) is 0 Å². The molecule has 2 fully saturated rings. The maximum Gasteiger partial charge on any atom is 0.353 e. The molecule has 1 aromatic carbocycles. The second-order valence-corrected chi connectivity index (χ2v) is 8.33. The Bertz CT molecular complexity index is 1000. The molecule has 0 unspecified atom stereocenters. The molecule has 9 heteroatoms. The summed E-state index contributed by atoms with van der Waals surface area (Å²) in [4.78, 5) is 29.3. The van der Waals surface area contributed by atoms with Gasteiger partial charge in [0.2, 0.25) is 5.95 Å². The fourth-order valence-corrected chi connectivity index (χ4v) is 4.26. The summed E-state index contributed by atoms with van der Waals surface area (Å²) in [7, 11) is 0. The molecule has 2 heterocycles. The van der Waals surface area contributed by atoms with Crippen molar-refractivity contribution in [3.8, 4) is 0 Å². The van der Waals surface area contributed by atoms with Gasteiger partial charge in [-0.25, -0.2) is 14.2 Å². The van der Waals surface area contributed by atoms with Gasteiger partial charge in [-0.2, -0.15) is 4.98 Å². The van der Waals surface area contributed by atoms with Crippen LogP contribution in [-0.2, 0) is 6.67 Å². The Labute approximate surface area is 187 Å². The summed E-state index contributed by atoms with van der Waals surface area (Å²) in [5.74, 6) is 0.633. The molecule has 4 rings (SSSR count). The number of nitrogens with two attached hydrogens (primary N) is 1. The first-order chi connectivity index (χ1) is 15.6. The third-order valence-corrected chi connectivity index (χ3v) is 6.19. The van der Waals surface area contributed by atoms with Crippen LogP contribution in [0.2, 0.25) is 0 Å². The molecular weight excluding hydrogens is 409 g/mol. The summed E-state index contributed by atoms with van der Waals surface area (Å²) >= 11 is 0. The van der Waals surface area contributed by atoms with Crippen LogP contribution < -0.4 is 21.2 Å². The standard InChI is InChI=1S/C23H30FN7O/c24-19-6-8-20(9-7-19)29-12-14-30(15-13-29)22-27-17-31(23(32)28-22)16-26-11-10-21(25)18-4-2-1-3-5-18/h6-11,17-18H,1-5,12-16,25H2/b21-10-,26-11+. The number of halogens is 1. The summed E-state index contributed by atoms with van der Waals surface area (Å²) < 4.78 is 14.5. The van der Waals surface area contributed by atoms with Crippen molar-refractivity contribution in [3.05, 3.63) is 58.7 Å². The third kappa shape index (κ3) is 5.52. The van der Waals surface area contributed by atoms with Crippen molar-refractivity contribution in [2.24, 2.45) is 16.6 Å². The van der Waals surface area contributed by atoms with Gasteiger partial charge in [0, 0.05) is 43.8 Å². The van der Waals surface area contributed by atoms with E-state index in [1.807, 2.05) is 11.0 Å². The summed E-state index contributed by atoms with van der Waals surface area (Å²) in [5, 5.41) is 0. The van der Waals surface area contributed by atoms with Crippen LogP contribution in [0.5, 0.6) is 0 Å². The molecule has 170 valence electrons. The lowest BCUT2D eigenvalue weighted by Gasteiger charge is -2.36. The molecule has 2 N–H and O–H groups in total. The number of nitrogens with zero attached hydrogens (tertiary/aromatic N) is 6. The van der Waals surface area contributed by atoms with Gasteiger partial charge in [0.1, 0.15) is 18.8 Å². The number of aliphatic imine (C=N–C) groups is 1. The summed E-state index contributed by atoms with van der Waals surface area (Å²) in [5.41, 5.74) is 7.64. The van der Waals surface area contributed by atoms with Crippen LogP contribution in [0, 0.1) is 11.7 Å². The van der Waals surface area contributed by atoms with Gasteiger partial charge >= 0.3 is 5.69 Å². The summed E-state index contributed by atoms with van der Waals surface area (Å²) in [6.07, 6.45) is 11.0. The minimum atomic E-state index is -0.377. The van der Waals surface area contributed by atoms with Crippen molar-refractivity contribution < 1.29 is 4.39 Å². The number of aromatic nitrogens is 3. The molecule has 1 aliphatic carbocycles. The van der Waals surface area contributed by atoms with Crippen LogP contribution in [0.1, 0.15) is 32.1 Å². The fourth-order valence-electron chi connectivity index (χ4n) is 4.26. The molecule has 1 aliphatic heterocycles. The summed E-state index contributed by atoms with van der Waals surface area (Å²) in [6.45, 7) is 3.02. The Morgan fingerprint density at radius 1 is 1.09 bits per heavy atom. The lowest BCUT2D eigenvalue weighted by Crippen LogP contribution is -2.47. The zero-order chi connectivity index (χ0) is 22.3. The predicted molar refractivity (Wildman–Crippen MR) is 124 cm³/mol. The Balaban J connectivity index is 1.30. The zero-order valence-electron chi connectivity index (χ0n) is 18.2. The Morgan fingerprint density at radius 3 is 2.47 bits per heavy atom. The number of benzene rings is 1. The smallest absolute Gasteiger partial charge is 0.353 e. The molecule has 0 atom stereocenters. The van der Waals surface area contributed by atoms with E-state index in [9.17, 15) is 9.18 Å². The summed E-state index contributed by atoms with van der Waals surface area (Å²) in [6, 6.07) is 6.49. The molecule has 1 aromatic heterocycles. The molecule has 1 saturated carbocycles. The molecule has 0 spiro atoms. The van der Waals surface area contributed by atoms with Crippen LogP contribution in [0.3, 0.4) is 0 Å². The van der Waals surface area contributed by atoms with Gasteiger partial charge in [0.25, 0.3) is 0 Å². The number of hydrogen-bond donors (Lipinski definition) is 1. The van der Waals surface area contributed by atoms with E-state index in [4.69, 9.17) is 5.73 Å². The molecular formula is C23H30FN7O. The van der Waals surface area contributed by atoms with E-state index in [-0.39, 0.29) is 18.2 Å². The van der Waals surface area contributed by atoms with Crippen molar-refractivity contribution >= 4 is 17.9 Å². The van der Waals surface area contributed by atoms with Crippen molar-refractivity contribution in [3.63, 3.8) is 0 Å². The highest BCUT2D eigenvalue weighted by atomic mass is 19.1. The molecule has 0 radical (unpaired) electrons. The van der Waals surface area contributed by atoms with Gasteiger partial charge < -0.3 is 15.5 Å². The van der Waals surface area contributed by atoms with Crippen LogP contribution in [0.25, 0.3) is 0 Å². The van der Waals surface area contributed by atoms with Gasteiger partial charge in [-0.3, -0.25) is 9.56 Å². The van der Waals surface area contributed by atoms with E-state index in [2.05, 4.69) is 19.9 Å². The van der Waals surface area contributed by atoms with Crippen molar-refractivity contribution in [2.45, 2.75) is 38.8 Å². The van der Waals surface area contributed by atoms with Crippen LogP contribution in [0.4, 0.5) is 16.0 Å². The lowest BCUT2D eigenvalue weighted by molar-refractivity contribution is 0.400. The minimum absolute atomic E-state index is 0.159. The largest absolute Gasteiger partial charge is 0.402 e. The number of anilines is 2. The topological polar surface area (TPSA) is 92.6 Å². The van der Waals surface area contributed by atoms with Crippen LogP contribution in [-0.4, -0.2) is 46.9 Å². The highest BCUT2D eigenvalue weighted by Crippen LogP contribution is 2.27. The molecule has 8 nitrogen and oxygen atoms in total. The lowest BCUT2D eigenvalue weighted by atomic mass is 9.87. The highest BCUT2D eigenvalue weighted by Gasteiger charge is 2.20. The van der Waals surface area contributed by atoms with Crippen LogP contribution in [0.15, 0.2) is 52.2 Å². The second-order valence-electron chi connectivity index (χ2n) is 8.33. The first kappa shape index (κ1) is 22.0. The van der Waals surface area contributed by atoms with E-state index >= 15 is 0 Å². The van der Waals surface area contributed by atoms with Crippen molar-refractivity contribution in [1.82, 2.24) is 14.5 Å². The van der Waals surface area contributed by atoms with Gasteiger partial charge in [-0.05, 0) is 49.1 Å². The normalized spacial score (nSPS) is 18.5. The van der Waals surface area contributed by atoms with Crippen molar-refractivity contribution in [1.29, 1.82) is 0 Å². The molecule has 2 aromatic rings. The molecule has 1 saturated heterocycles. The number of piperazine rings is 1. The molecule has 2 aliphatic rings. The van der Waals surface area contributed by atoms with Gasteiger partial charge in [0.05, 0.1) is 0 Å². The van der Waals surface area contributed by atoms with E-state index in [1.165, 1.54) is 42.3 Å². The first-order valence-corrected chi connectivity index (χ1v) is 11.2. The number of hydrogen-bond acceptors (Lipinski definition) is 7. The average molecular weight is 440 g/mol. The quantitative estimate of drug-likeness (QED) is 0.696. The minimum Gasteiger partial charge on any atom is -0.402 e. The Morgan fingerprint density at radius 2 is 1.78 bits per heavy atom. The zero-order valence-corrected chi connectivity index (χ0v) is 18.2. The number of allylic oxidation sites excluding steroid dienone is 2. The highest BCUT2D eigenvalue weighted by molar-refractivity contribution is 5.71. The second kappa shape index (κ2) is 10.4. The molecule has 0 bridgehead atoms. The van der Waals surface area contributed by atoms with Crippen LogP contribution >= 0.6 is 0 Å². The molecule has 32 heavy (non-hydrogen) atoms. The van der Waals surface area contributed by atoms with Crippen molar-refractivity contribution in [2.75, 3.05) is 36.0 Å². The molecule has 0 amide bonds.